The van der Waals surface area contributed by atoms with E-state index in [1.165, 1.54) is 0 Å². The predicted octanol–water partition coefficient (Wildman–Crippen LogP) is 4.20. The molecular weight excluding hydrogens is 290 g/mol. The van der Waals surface area contributed by atoms with Crippen LogP contribution in [0.5, 0.6) is 0 Å². The third kappa shape index (κ3) is 2.52. The van der Waals surface area contributed by atoms with Crippen molar-refractivity contribution >= 4 is 5.97 Å². The van der Waals surface area contributed by atoms with Gasteiger partial charge < -0.3 is 9.52 Å². The molecule has 0 amide bonds. The van der Waals surface area contributed by atoms with Gasteiger partial charge in [0.1, 0.15) is 5.69 Å². The van der Waals surface area contributed by atoms with Crippen LogP contribution < -0.4 is 0 Å². The van der Waals surface area contributed by atoms with Crippen molar-refractivity contribution in [2.24, 2.45) is 5.92 Å². The summed E-state index contributed by atoms with van der Waals surface area (Å²) in [4.78, 5) is 15.7. The summed E-state index contributed by atoms with van der Waals surface area (Å²) in [5, 5.41) is 9.13. The first kappa shape index (κ1) is 13.8. The minimum absolute atomic E-state index is 0.118. The Kier molecular flexibility index (Phi) is 3.23. The number of aromatic nitrogens is 1. The molecular formula is C19H15NO3. The summed E-state index contributed by atoms with van der Waals surface area (Å²) < 4.78 is 5.99. The number of nitrogens with zero attached hydrogens (tertiary/aromatic N) is 1. The van der Waals surface area contributed by atoms with Crippen LogP contribution in [0.3, 0.4) is 0 Å². The van der Waals surface area contributed by atoms with Crippen molar-refractivity contribution in [3.8, 4) is 22.6 Å². The van der Waals surface area contributed by atoms with E-state index in [4.69, 9.17) is 9.52 Å². The minimum Gasteiger partial charge on any atom is -0.481 e. The first-order valence-corrected chi connectivity index (χ1v) is 7.58. The molecule has 1 heterocycles. The molecule has 1 fully saturated rings. The minimum atomic E-state index is -0.782. The molecule has 1 saturated carbocycles. The molecule has 1 N–H and O–H groups in total. The predicted molar refractivity (Wildman–Crippen MR) is 85.9 cm³/mol. The molecule has 0 spiro atoms. The number of hydrogen-bond donors (Lipinski definition) is 1. The van der Waals surface area contributed by atoms with Gasteiger partial charge in [-0.25, -0.2) is 4.98 Å². The van der Waals surface area contributed by atoms with E-state index in [1.54, 1.807) is 0 Å². The van der Waals surface area contributed by atoms with Gasteiger partial charge in [-0.15, -0.1) is 0 Å². The highest BCUT2D eigenvalue weighted by Crippen LogP contribution is 2.49. The van der Waals surface area contributed by atoms with Crippen molar-refractivity contribution in [2.45, 2.75) is 12.3 Å². The van der Waals surface area contributed by atoms with Gasteiger partial charge in [0.05, 0.1) is 5.92 Å². The highest BCUT2D eigenvalue weighted by atomic mass is 16.4. The third-order valence-corrected chi connectivity index (χ3v) is 4.15. The molecule has 1 aromatic heterocycles. The van der Waals surface area contributed by atoms with E-state index in [-0.39, 0.29) is 11.8 Å². The Bertz CT molecular complexity index is 783. The molecule has 1 aliphatic carbocycles. The first-order valence-electron chi connectivity index (χ1n) is 7.58. The number of benzene rings is 2. The largest absolute Gasteiger partial charge is 0.481 e. The average molecular weight is 305 g/mol. The monoisotopic (exact) mass is 305 g/mol. The van der Waals surface area contributed by atoms with Gasteiger partial charge in [-0.2, -0.15) is 0 Å². The maximum atomic E-state index is 11.1. The fourth-order valence-electron chi connectivity index (χ4n) is 2.81. The fourth-order valence-corrected chi connectivity index (χ4v) is 2.81. The maximum absolute atomic E-state index is 11.1. The van der Waals surface area contributed by atoms with Crippen molar-refractivity contribution < 1.29 is 14.3 Å². The number of oxazole rings is 1. The van der Waals surface area contributed by atoms with E-state index < -0.39 is 5.97 Å². The maximum Gasteiger partial charge on any atom is 0.307 e. The quantitative estimate of drug-likeness (QED) is 0.784. The van der Waals surface area contributed by atoms with Crippen LogP contribution in [-0.2, 0) is 4.79 Å². The second-order valence-corrected chi connectivity index (χ2v) is 5.75. The Morgan fingerprint density at radius 2 is 1.61 bits per heavy atom. The summed E-state index contributed by atoms with van der Waals surface area (Å²) in [5.74, 6) is -0.0537. The van der Waals surface area contributed by atoms with E-state index in [0.29, 0.717) is 18.1 Å². The molecule has 2 aromatic carbocycles. The number of hydrogen-bond acceptors (Lipinski definition) is 3. The highest BCUT2D eigenvalue weighted by molar-refractivity contribution is 5.78. The molecule has 0 radical (unpaired) electrons. The number of carboxylic acids is 1. The molecule has 3 aromatic rings. The van der Waals surface area contributed by atoms with E-state index in [0.717, 1.165) is 16.8 Å². The zero-order chi connectivity index (χ0) is 15.8. The molecule has 0 unspecified atom stereocenters. The van der Waals surface area contributed by atoms with Crippen LogP contribution in [0, 0.1) is 5.92 Å². The SMILES string of the molecule is O=C(O)[C@H]1C[C@H]1c1nc(-c2ccccc2)c(-c2ccccc2)o1. The molecule has 1 aliphatic rings. The van der Waals surface area contributed by atoms with Crippen molar-refractivity contribution in [3.63, 3.8) is 0 Å². The van der Waals surface area contributed by atoms with Crippen molar-refractivity contribution in [1.29, 1.82) is 0 Å². The van der Waals surface area contributed by atoms with Gasteiger partial charge in [-0.05, 0) is 6.42 Å². The van der Waals surface area contributed by atoms with Crippen molar-refractivity contribution in [1.82, 2.24) is 4.98 Å². The van der Waals surface area contributed by atoms with Crippen LogP contribution in [-0.4, -0.2) is 16.1 Å². The Morgan fingerprint density at radius 3 is 2.17 bits per heavy atom. The molecule has 0 saturated heterocycles. The lowest BCUT2D eigenvalue weighted by atomic mass is 10.1. The lowest BCUT2D eigenvalue weighted by molar-refractivity contribution is -0.138. The number of carboxylic acid groups (broad SMARTS) is 1. The molecule has 114 valence electrons. The summed E-state index contributed by atoms with van der Waals surface area (Å²) in [5.41, 5.74) is 2.68. The summed E-state index contributed by atoms with van der Waals surface area (Å²) >= 11 is 0. The lowest BCUT2D eigenvalue weighted by Crippen LogP contribution is -1.98. The van der Waals surface area contributed by atoms with E-state index >= 15 is 0 Å². The van der Waals surface area contributed by atoms with Gasteiger partial charge >= 0.3 is 5.97 Å². The third-order valence-electron chi connectivity index (χ3n) is 4.15. The number of aliphatic carboxylic acids is 1. The molecule has 4 rings (SSSR count). The van der Waals surface area contributed by atoms with Gasteiger partial charge in [0.25, 0.3) is 0 Å². The standard InChI is InChI=1S/C19H15NO3/c21-19(22)15-11-14(15)18-20-16(12-7-3-1-4-8-12)17(23-18)13-9-5-2-6-10-13/h1-10,14-15H,11H2,(H,21,22)/t14-,15+/m1/s1. The van der Waals surface area contributed by atoms with Crippen LogP contribution in [0.15, 0.2) is 65.1 Å². The van der Waals surface area contributed by atoms with Crippen LogP contribution in [0.4, 0.5) is 0 Å². The van der Waals surface area contributed by atoms with Crippen LogP contribution >= 0.6 is 0 Å². The summed E-state index contributed by atoms with van der Waals surface area (Å²) in [7, 11) is 0. The molecule has 4 nitrogen and oxygen atoms in total. The number of carbonyl (C=O) groups is 1. The Labute approximate surface area is 133 Å². The summed E-state index contributed by atoms with van der Waals surface area (Å²) in [6.45, 7) is 0. The van der Waals surface area contributed by atoms with Crippen LogP contribution in [0.1, 0.15) is 18.2 Å². The molecule has 0 bridgehead atoms. The van der Waals surface area contributed by atoms with E-state index in [2.05, 4.69) is 4.98 Å². The number of rotatable bonds is 4. The first-order chi connectivity index (χ1) is 11.2. The van der Waals surface area contributed by atoms with Crippen LogP contribution in [0.25, 0.3) is 22.6 Å². The fraction of sp³-hybridized carbons (Fsp3) is 0.158. The van der Waals surface area contributed by atoms with Crippen LogP contribution in [0.2, 0.25) is 0 Å². The van der Waals surface area contributed by atoms with Gasteiger partial charge in [-0.1, -0.05) is 60.7 Å². The lowest BCUT2D eigenvalue weighted by Gasteiger charge is -2.00. The smallest absolute Gasteiger partial charge is 0.307 e. The zero-order valence-corrected chi connectivity index (χ0v) is 12.3. The zero-order valence-electron chi connectivity index (χ0n) is 12.3. The molecule has 2 atom stereocenters. The Balaban J connectivity index is 1.81. The highest BCUT2D eigenvalue weighted by Gasteiger charge is 2.48. The van der Waals surface area contributed by atoms with Gasteiger partial charge in [0.2, 0.25) is 0 Å². The Hall–Kier alpha value is -2.88. The molecule has 4 heteroatoms. The second kappa shape index (κ2) is 5.39. The molecule has 23 heavy (non-hydrogen) atoms. The normalized spacial score (nSPS) is 19.5. The van der Waals surface area contributed by atoms with Gasteiger partial charge in [0, 0.05) is 17.0 Å². The van der Waals surface area contributed by atoms with Crippen molar-refractivity contribution in [3.05, 3.63) is 66.6 Å². The van der Waals surface area contributed by atoms with E-state index in [1.807, 2.05) is 60.7 Å². The van der Waals surface area contributed by atoms with Gasteiger partial charge in [-0.3, -0.25) is 4.79 Å². The van der Waals surface area contributed by atoms with Crippen molar-refractivity contribution in [2.75, 3.05) is 0 Å². The summed E-state index contributed by atoms with van der Waals surface area (Å²) in [6, 6.07) is 19.6. The average Bonchev–Trinajstić information content (AvgIpc) is 3.28. The molecule has 0 aliphatic heterocycles. The topological polar surface area (TPSA) is 63.3 Å². The summed E-state index contributed by atoms with van der Waals surface area (Å²) in [6.07, 6.45) is 0.596. The van der Waals surface area contributed by atoms with Gasteiger partial charge in [0.15, 0.2) is 11.7 Å². The second-order valence-electron chi connectivity index (χ2n) is 5.75. The van der Waals surface area contributed by atoms with E-state index in [9.17, 15) is 4.79 Å². The Morgan fingerprint density at radius 1 is 1.00 bits per heavy atom.